The van der Waals surface area contributed by atoms with Gasteiger partial charge in [0, 0.05) is 13.1 Å². The number of nitrogens with zero attached hydrogens (tertiary/aromatic N) is 5. The third-order valence-corrected chi connectivity index (χ3v) is 4.88. The maximum absolute atomic E-state index is 12.6. The summed E-state index contributed by atoms with van der Waals surface area (Å²) in [7, 11) is 0. The molecule has 0 amide bonds. The lowest BCUT2D eigenvalue weighted by Gasteiger charge is -2.35. The van der Waals surface area contributed by atoms with Crippen LogP contribution in [0.4, 0.5) is 13.2 Å². The molecule has 1 fully saturated rings. The molecule has 1 aromatic carbocycles. The molecule has 4 rings (SSSR count). The maximum Gasteiger partial charge on any atom is 0.491 e. The van der Waals surface area contributed by atoms with Crippen LogP contribution in [0.2, 0.25) is 0 Å². The summed E-state index contributed by atoms with van der Waals surface area (Å²) < 4.78 is 49.2. The zero-order chi connectivity index (χ0) is 20.8. The van der Waals surface area contributed by atoms with Crippen LogP contribution in [0.25, 0.3) is 16.9 Å². The molecule has 0 radical (unpaired) electrons. The van der Waals surface area contributed by atoms with E-state index in [0.717, 1.165) is 19.6 Å². The van der Waals surface area contributed by atoms with Gasteiger partial charge in [-0.05, 0) is 30.3 Å². The number of aromatic nitrogens is 4. The quantitative estimate of drug-likeness (QED) is 0.473. The van der Waals surface area contributed by atoms with Crippen molar-refractivity contribution in [1.29, 1.82) is 0 Å². The number of hydrogen-bond donors (Lipinski definition) is 0. The van der Waals surface area contributed by atoms with Gasteiger partial charge in [-0.2, -0.15) is 27.9 Å². The van der Waals surface area contributed by atoms with Crippen molar-refractivity contribution in [2.45, 2.75) is 32.4 Å². The first kappa shape index (κ1) is 19.4. The van der Waals surface area contributed by atoms with Crippen LogP contribution in [0.5, 0.6) is 5.75 Å². The Morgan fingerprint density at radius 1 is 1.31 bits per heavy atom. The zero-order valence-electron chi connectivity index (χ0n) is 15.7. The number of likely N-dealkylation sites (tertiary alicyclic amines) is 1. The molecule has 0 aliphatic carbocycles. The van der Waals surface area contributed by atoms with E-state index >= 15 is 0 Å². The standard InChI is InChI=1S/C18H18F3N5O3/c1-3-11-14-12(6-5-7-13(14)28-16(27)18(19,20)21)26(23-11)17-22-15(29-24-17)10-8-25(4-2)9-10/h5-7,10H,3-4,8-9H2,1-2H3. The molecule has 1 aliphatic rings. The Labute approximate surface area is 163 Å². The Morgan fingerprint density at radius 2 is 2.07 bits per heavy atom. The molecular weight excluding hydrogens is 391 g/mol. The first-order valence-electron chi connectivity index (χ1n) is 9.17. The van der Waals surface area contributed by atoms with E-state index in [0.29, 0.717) is 28.9 Å². The van der Waals surface area contributed by atoms with Gasteiger partial charge >= 0.3 is 12.1 Å². The van der Waals surface area contributed by atoms with E-state index in [1.165, 1.54) is 16.8 Å². The molecule has 0 N–H and O–H groups in total. The van der Waals surface area contributed by atoms with Crippen molar-refractivity contribution >= 4 is 16.9 Å². The molecule has 29 heavy (non-hydrogen) atoms. The number of alkyl halides is 3. The van der Waals surface area contributed by atoms with Gasteiger partial charge in [-0.15, -0.1) is 0 Å². The van der Waals surface area contributed by atoms with Crippen LogP contribution in [0.1, 0.15) is 31.4 Å². The summed E-state index contributed by atoms with van der Waals surface area (Å²) in [6.45, 7) is 6.47. The van der Waals surface area contributed by atoms with Crippen LogP contribution >= 0.6 is 0 Å². The van der Waals surface area contributed by atoms with Crippen LogP contribution in [0, 0.1) is 0 Å². The Kier molecular flexibility index (Phi) is 4.77. The fourth-order valence-corrected chi connectivity index (χ4v) is 3.32. The second-order valence-electron chi connectivity index (χ2n) is 6.73. The molecule has 1 aliphatic heterocycles. The van der Waals surface area contributed by atoms with Gasteiger partial charge in [-0.3, -0.25) is 0 Å². The highest BCUT2D eigenvalue weighted by atomic mass is 19.4. The predicted molar refractivity (Wildman–Crippen MR) is 94.8 cm³/mol. The number of benzene rings is 1. The number of likely N-dealkylation sites (N-methyl/N-ethyl adjacent to an activating group) is 1. The molecule has 2 aromatic heterocycles. The number of ether oxygens (including phenoxy) is 1. The number of fused-ring (bicyclic) bond motifs is 1. The smallest absolute Gasteiger partial charge is 0.419 e. The molecule has 11 heteroatoms. The number of esters is 1. The van der Waals surface area contributed by atoms with E-state index in [-0.39, 0.29) is 17.6 Å². The lowest BCUT2D eigenvalue weighted by molar-refractivity contribution is -0.189. The van der Waals surface area contributed by atoms with Crippen molar-refractivity contribution in [2.24, 2.45) is 0 Å². The summed E-state index contributed by atoms with van der Waals surface area (Å²) in [6.07, 6.45) is -4.69. The number of carbonyl (C=O) groups is 1. The average Bonchev–Trinajstić information content (AvgIpc) is 3.25. The van der Waals surface area contributed by atoms with Crippen molar-refractivity contribution < 1.29 is 27.2 Å². The van der Waals surface area contributed by atoms with Crippen molar-refractivity contribution in [3.63, 3.8) is 0 Å². The van der Waals surface area contributed by atoms with Crippen LogP contribution in [-0.4, -0.2) is 56.6 Å². The first-order chi connectivity index (χ1) is 13.8. The number of halogens is 3. The second-order valence-corrected chi connectivity index (χ2v) is 6.73. The van der Waals surface area contributed by atoms with E-state index in [1.807, 2.05) is 0 Å². The molecule has 3 aromatic rings. The van der Waals surface area contributed by atoms with Gasteiger partial charge in [-0.25, -0.2) is 4.79 Å². The number of carbonyl (C=O) groups excluding carboxylic acids is 1. The summed E-state index contributed by atoms with van der Waals surface area (Å²) in [5.41, 5.74) is 0.878. The highest BCUT2D eigenvalue weighted by Crippen LogP contribution is 2.33. The monoisotopic (exact) mass is 409 g/mol. The first-order valence-corrected chi connectivity index (χ1v) is 9.17. The lowest BCUT2D eigenvalue weighted by Crippen LogP contribution is -2.44. The Balaban J connectivity index is 1.71. The third kappa shape index (κ3) is 3.46. The van der Waals surface area contributed by atoms with Gasteiger partial charge in [0.1, 0.15) is 5.75 Å². The summed E-state index contributed by atoms with van der Waals surface area (Å²) >= 11 is 0. The Morgan fingerprint density at radius 3 is 2.72 bits per heavy atom. The molecule has 0 bridgehead atoms. The second kappa shape index (κ2) is 7.14. The predicted octanol–water partition coefficient (Wildman–Crippen LogP) is 2.86. The van der Waals surface area contributed by atoms with E-state index in [4.69, 9.17) is 4.52 Å². The molecule has 1 saturated heterocycles. The highest BCUT2D eigenvalue weighted by Gasteiger charge is 2.42. The van der Waals surface area contributed by atoms with Gasteiger partial charge in [0.2, 0.25) is 5.89 Å². The SMILES string of the molecule is CCc1nn(-c2noc(C3CN(CC)C3)n2)c2cccc(OC(=O)C(F)(F)F)c12. The minimum atomic E-state index is -5.09. The molecular formula is C18H18F3N5O3. The minimum absolute atomic E-state index is 0.145. The molecule has 0 saturated carbocycles. The van der Waals surface area contributed by atoms with Gasteiger partial charge in [0.15, 0.2) is 0 Å². The minimum Gasteiger partial charge on any atom is -0.419 e. The van der Waals surface area contributed by atoms with Gasteiger partial charge in [0.05, 0.1) is 22.5 Å². The number of rotatable bonds is 5. The topological polar surface area (TPSA) is 86.3 Å². The molecule has 3 heterocycles. The van der Waals surface area contributed by atoms with Crippen LogP contribution < -0.4 is 4.74 Å². The van der Waals surface area contributed by atoms with Crippen molar-refractivity contribution in [1.82, 2.24) is 24.8 Å². The van der Waals surface area contributed by atoms with Gasteiger partial charge < -0.3 is 14.2 Å². The van der Waals surface area contributed by atoms with E-state index in [1.54, 1.807) is 13.0 Å². The Bertz CT molecular complexity index is 1050. The number of aryl methyl sites for hydroxylation is 1. The van der Waals surface area contributed by atoms with Crippen LogP contribution in [0.15, 0.2) is 22.7 Å². The summed E-state index contributed by atoms with van der Waals surface area (Å²) in [5.74, 6) is -1.68. The lowest BCUT2D eigenvalue weighted by atomic mass is 10.0. The Hall–Kier alpha value is -2.95. The fraction of sp³-hybridized carbons (Fsp3) is 0.444. The maximum atomic E-state index is 12.6. The third-order valence-electron chi connectivity index (χ3n) is 4.88. The number of hydrogen-bond acceptors (Lipinski definition) is 7. The van der Waals surface area contributed by atoms with Crippen LogP contribution in [0.3, 0.4) is 0 Å². The molecule has 0 spiro atoms. The highest BCUT2D eigenvalue weighted by molar-refractivity contribution is 5.92. The molecule has 0 unspecified atom stereocenters. The molecule has 0 atom stereocenters. The van der Waals surface area contributed by atoms with E-state index < -0.39 is 12.1 Å². The van der Waals surface area contributed by atoms with Gasteiger partial charge in [0.25, 0.3) is 5.95 Å². The van der Waals surface area contributed by atoms with E-state index in [2.05, 4.69) is 31.8 Å². The van der Waals surface area contributed by atoms with Gasteiger partial charge in [-0.1, -0.05) is 19.9 Å². The molecule has 154 valence electrons. The largest absolute Gasteiger partial charge is 0.491 e. The fourth-order valence-electron chi connectivity index (χ4n) is 3.32. The summed E-state index contributed by atoms with van der Waals surface area (Å²) in [4.78, 5) is 17.9. The zero-order valence-corrected chi connectivity index (χ0v) is 15.7. The average molecular weight is 409 g/mol. The van der Waals surface area contributed by atoms with Crippen molar-refractivity contribution in [2.75, 3.05) is 19.6 Å². The normalized spacial score (nSPS) is 15.6. The van der Waals surface area contributed by atoms with Crippen molar-refractivity contribution in [3.05, 3.63) is 29.8 Å². The summed E-state index contributed by atoms with van der Waals surface area (Å²) in [5, 5.41) is 8.69. The summed E-state index contributed by atoms with van der Waals surface area (Å²) in [6, 6.07) is 4.42. The van der Waals surface area contributed by atoms with Crippen molar-refractivity contribution in [3.8, 4) is 11.7 Å². The molecule has 8 nitrogen and oxygen atoms in total. The van der Waals surface area contributed by atoms with Crippen LogP contribution in [-0.2, 0) is 11.2 Å². The van der Waals surface area contributed by atoms with E-state index in [9.17, 15) is 18.0 Å².